The number of nitrogens with zero attached hydrogens (tertiary/aromatic N) is 3. The average Bonchev–Trinajstić information content (AvgIpc) is 3.14. The lowest BCUT2D eigenvalue weighted by molar-refractivity contribution is -0.141. The van der Waals surface area contributed by atoms with Crippen LogP contribution < -0.4 is 9.47 Å². The van der Waals surface area contributed by atoms with Crippen molar-refractivity contribution in [1.29, 1.82) is 0 Å². The summed E-state index contributed by atoms with van der Waals surface area (Å²) in [5.41, 5.74) is -0.911. The van der Waals surface area contributed by atoms with Crippen molar-refractivity contribution < 1.29 is 31.1 Å². The molecule has 12 heteroatoms. The quantitative estimate of drug-likeness (QED) is 0.499. The minimum atomic E-state index is -4.96. The Morgan fingerprint density at radius 2 is 1.77 bits per heavy atom. The Morgan fingerprint density at radius 3 is 2.35 bits per heavy atom. The first-order chi connectivity index (χ1) is 14.5. The molecule has 0 unspecified atom stereocenters. The van der Waals surface area contributed by atoms with Gasteiger partial charge in [-0.05, 0) is 29.8 Å². The van der Waals surface area contributed by atoms with E-state index in [1.807, 2.05) is 0 Å². The summed E-state index contributed by atoms with van der Waals surface area (Å²) in [4.78, 5) is 6.97. The lowest BCUT2D eigenvalue weighted by Gasteiger charge is -2.15. The molecule has 0 bridgehead atoms. The summed E-state index contributed by atoms with van der Waals surface area (Å²) in [6.45, 7) is 0.221. The summed E-state index contributed by atoms with van der Waals surface area (Å²) in [6, 6.07) is 8.24. The summed E-state index contributed by atoms with van der Waals surface area (Å²) in [6.07, 6.45) is -2.63. The van der Waals surface area contributed by atoms with Gasteiger partial charge in [0, 0.05) is 19.0 Å². The summed E-state index contributed by atoms with van der Waals surface area (Å²) < 4.78 is 76.1. The number of halogens is 4. The van der Waals surface area contributed by atoms with Crippen LogP contribution in [0.2, 0.25) is 5.02 Å². The number of rotatable bonds is 6. The average molecular weight is 476 g/mol. The molecule has 0 spiro atoms. The van der Waals surface area contributed by atoms with Crippen molar-refractivity contribution in [2.45, 2.75) is 17.9 Å². The van der Waals surface area contributed by atoms with Gasteiger partial charge < -0.3 is 14.0 Å². The van der Waals surface area contributed by atoms with Crippen LogP contribution in [0.4, 0.5) is 13.2 Å². The van der Waals surface area contributed by atoms with E-state index < -0.39 is 31.9 Å². The number of benzene rings is 1. The lowest BCUT2D eigenvalue weighted by atomic mass is 10.2. The zero-order valence-corrected chi connectivity index (χ0v) is 18.1. The van der Waals surface area contributed by atoms with Crippen LogP contribution in [0.3, 0.4) is 0 Å². The summed E-state index contributed by atoms with van der Waals surface area (Å²) in [5, 5.41) is -1.75. The number of sulfone groups is 1. The van der Waals surface area contributed by atoms with E-state index in [1.54, 1.807) is 35.0 Å². The monoisotopic (exact) mass is 475 g/mol. The zero-order valence-electron chi connectivity index (χ0n) is 16.6. The molecule has 3 rings (SSSR count). The van der Waals surface area contributed by atoms with Crippen molar-refractivity contribution in [2.24, 2.45) is 0 Å². The molecule has 0 aliphatic rings. The molecule has 0 aliphatic heterocycles. The Bertz CT molecular complexity index is 1230. The highest BCUT2D eigenvalue weighted by atomic mass is 35.5. The van der Waals surface area contributed by atoms with Gasteiger partial charge in [0.25, 0.3) is 0 Å². The number of hydrogen-bond donors (Lipinski definition) is 0. The zero-order chi connectivity index (χ0) is 23.0. The molecule has 0 radical (unpaired) electrons. The normalized spacial score (nSPS) is 12.1. The van der Waals surface area contributed by atoms with Crippen LogP contribution in [-0.4, -0.2) is 43.4 Å². The predicted octanol–water partition coefficient (Wildman–Crippen LogP) is 4.09. The molecule has 0 saturated carbocycles. The fourth-order valence-electron chi connectivity index (χ4n) is 2.89. The van der Waals surface area contributed by atoms with Crippen LogP contribution in [-0.2, 0) is 22.6 Å². The first-order valence-corrected chi connectivity index (χ1v) is 10.9. The maximum Gasteiger partial charge on any atom is 0.435 e. The molecular formula is C19H17ClF3N3O4S. The molecule has 3 aromatic rings. The number of methoxy groups -OCH3 is 2. The summed E-state index contributed by atoms with van der Waals surface area (Å²) >= 11 is 5.98. The molecule has 2 aromatic heterocycles. The SMILES string of the molecule is COc1ccc(Cn2cccc2-c2nc(S(C)(=O)=O)nc(C(F)(F)F)c2Cl)cc1OC. The third-order valence-corrected chi connectivity index (χ3v) is 5.51. The van der Waals surface area contributed by atoms with Crippen LogP contribution in [0.25, 0.3) is 11.4 Å². The van der Waals surface area contributed by atoms with Crippen LogP contribution in [0.5, 0.6) is 11.5 Å². The Hall–Kier alpha value is -2.79. The first kappa shape index (κ1) is 22.9. The van der Waals surface area contributed by atoms with E-state index in [4.69, 9.17) is 21.1 Å². The van der Waals surface area contributed by atoms with Gasteiger partial charge in [0.15, 0.2) is 17.2 Å². The van der Waals surface area contributed by atoms with Crippen LogP contribution in [0.15, 0.2) is 41.7 Å². The maximum absolute atomic E-state index is 13.4. The van der Waals surface area contributed by atoms with E-state index >= 15 is 0 Å². The molecule has 31 heavy (non-hydrogen) atoms. The van der Waals surface area contributed by atoms with Gasteiger partial charge in [-0.3, -0.25) is 0 Å². The van der Waals surface area contributed by atoms with E-state index in [0.717, 1.165) is 11.8 Å². The Labute approximate surface area is 181 Å². The standard InChI is InChI=1S/C19H17ClF3N3O4S/c1-29-13-7-6-11(9-14(13)30-2)10-26-8-4-5-12(26)16-15(20)17(19(21,22)23)25-18(24-16)31(3,27)28/h4-9H,10H2,1-3H3. The number of hydrogen-bond acceptors (Lipinski definition) is 6. The van der Waals surface area contributed by atoms with E-state index in [0.29, 0.717) is 11.5 Å². The third-order valence-electron chi connectivity index (χ3n) is 4.30. The van der Waals surface area contributed by atoms with Gasteiger partial charge in [-0.25, -0.2) is 18.4 Å². The molecule has 0 atom stereocenters. The lowest BCUT2D eigenvalue weighted by Crippen LogP contribution is -2.16. The first-order valence-electron chi connectivity index (χ1n) is 8.67. The number of ether oxygens (including phenoxy) is 2. The van der Waals surface area contributed by atoms with Gasteiger partial charge in [-0.1, -0.05) is 17.7 Å². The van der Waals surface area contributed by atoms with E-state index in [9.17, 15) is 21.6 Å². The van der Waals surface area contributed by atoms with Crippen LogP contribution >= 0.6 is 11.6 Å². The second kappa shape index (κ2) is 8.39. The number of aromatic nitrogens is 3. The third kappa shape index (κ3) is 4.77. The van der Waals surface area contributed by atoms with Gasteiger partial charge in [0.2, 0.25) is 15.0 Å². The fraction of sp³-hybridized carbons (Fsp3) is 0.263. The second-order valence-corrected chi connectivity index (χ2v) is 8.79. The van der Waals surface area contributed by atoms with Crippen LogP contribution in [0.1, 0.15) is 11.3 Å². The van der Waals surface area contributed by atoms with Gasteiger partial charge in [-0.15, -0.1) is 0 Å². The largest absolute Gasteiger partial charge is 0.493 e. The molecule has 0 aliphatic carbocycles. The Kier molecular flexibility index (Phi) is 6.19. The van der Waals surface area contributed by atoms with Crippen LogP contribution in [0, 0.1) is 0 Å². The Morgan fingerprint density at radius 1 is 1.10 bits per heavy atom. The molecule has 166 valence electrons. The highest BCUT2D eigenvalue weighted by Crippen LogP contribution is 2.38. The van der Waals surface area contributed by atoms with Gasteiger partial charge in [0.1, 0.15) is 5.69 Å². The summed E-state index contributed by atoms with van der Waals surface area (Å²) in [7, 11) is -1.15. The van der Waals surface area contributed by atoms with Gasteiger partial charge in [0.05, 0.1) is 24.9 Å². The van der Waals surface area contributed by atoms with Gasteiger partial charge in [-0.2, -0.15) is 13.2 Å². The fourth-order valence-corrected chi connectivity index (χ4v) is 3.70. The Balaban J connectivity index is 2.13. The van der Waals surface area contributed by atoms with Gasteiger partial charge >= 0.3 is 6.18 Å². The molecule has 0 saturated heterocycles. The van der Waals surface area contributed by atoms with E-state index in [-0.39, 0.29) is 17.9 Å². The molecular weight excluding hydrogens is 459 g/mol. The number of alkyl halides is 3. The van der Waals surface area contributed by atoms with E-state index in [1.165, 1.54) is 20.3 Å². The summed E-state index contributed by atoms with van der Waals surface area (Å²) in [5.74, 6) is 0.998. The van der Waals surface area contributed by atoms with Crippen molar-refractivity contribution >= 4 is 21.4 Å². The minimum Gasteiger partial charge on any atom is -0.493 e. The van der Waals surface area contributed by atoms with Crippen molar-refractivity contribution in [1.82, 2.24) is 14.5 Å². The molecule has 2 heterocycles. The van der Waals surface area contributed by atoms with Crippen molar-refractivity contribution in [2.75, 3.05) is 20.5 Å². The smallest absolute Gasteiger partial charge is 0.435 e. The van der Waals surface area contributed by atoms with Crippen molar-refractivity contribution in [3.8, 4) is 22.9 Å². The molecule has 1 aromatic carbocycles. The highest BCUT2D eigenvalue weighted by Gasteiger charge is 2.38. The van der Waals surface area contributed by atoms with E-state index in [2.05, 4.69) is 9.97 Å². The molecule has 0 amide bonds. The highest BCUT2D eigenvalue weighted by molar-refractivity contribution is 7.90. The second-order valence-electron chi connectivity index (χ2n) is 6.50. The molecule has 7 nitrogen and oxygen atoms in total. The van der Waals surface area contributed by atoms with Crippen molar-refractivity contribution in [3.63, 3.8) is 0 Å². The predicted molar refractivity (Wildman–Crippen MR) is 107 cm³/mol. The van der Waals surface area contributed by atoms with Crippen molar-refractivity contribution in [3.05, 3.63) is 52.8 Å². The minimum absolute atomic E-state index is 0.192. The molecule has 0 N–H and O–H groups in total. The maximum atomic E-state index is 13.4. The topological polar surface area (TPSA) is 83.3 Å². The molecule has 0 fully saturated rings.